The van der Waals surface area contributed by atoms with Crippen LogP contribution in [0.25, 0.3) is 22.4 Å². The SMILES string of the molecule is C1=CC2C3=C(c4ccccc4N(c4ccc(-c5ccc(C6N=C(c7ccccc7)NC(C7=CCCC=C7)N6)cc5)cc4)c4ccccc43)N(c3ccccc3)C2C=C1. The van der Waals surface area contributed by atoms with Crippen molar-refractivity contribution in [2.75, 3.05) is 9.80 Å². The predicted molar refractivity (Wildman–Crippen MR) is 240 cm³/mol. The van der Waals surface area contributed by atoms with Gasteiger partial charge < -0.3 is 15.1 Å². The fraction of sp³-hybridized carbons (Fsp3) is 0.113. The van der Waals surface area contributed by atoms with Crippen LogP contribution in [-0.2, 0) is 0 Å². The number of hydrogen-bond donors (Lipinski definition) is 2. The average molecular weight is 750 g/mol. The number of nitrogens with one attached hydrogen (secondary N) is 2. The third-order valence-corrected chi connectivity index (χ3v) is 12.1. The number of nitrogens with zero attached hydrogens (tertiary/aromatic N) is 3. The van der Waals surface area contributed by atoms with Crippen LogP contribution in [0.15, 0.2) is 211 Å². The summed E-state index contributed by atoms with van der Waals surface area (Å²) in [6.45, 7) is 0. The molecular formula is C53H43N5. The Labute approximate surface area is 340 Å². The highest BCUT2D eigenvalue weighted by Gasteiger charge is 2.44. The first-order valence-corrected chi connectivity index (χ1v) is 20.4. The summed E-state index contributed by atoms with van der Waals surface area (Å²) in [6.07, 6.45) is 17.9. The van der Waals surface area contributed by atoms with Gasteiger partial charge in [0.1, 0.15) is 18.2 Å². The van der Waals surface area contributed by atoms with Gasteiger partial charge in [-0.05, 0) is 77.1 Å². The van der Waals surface area contributed by atoms with Crippen LogP contribution >= 0.6 is 0 Å². The van der Waals surface area contributed by atoms with E-state index < -0.39 is 0 Å². The van der Waals surface area contributed by atoms with Crippen molar-refractivity contribution in [2.24, 2.45) is 10.9 Å². The molecule has 0 saturated heterocycles. The minimum absolute atomic E-state index is 0.0223. The number of anilines is 4. The molecule has 5 aliphatic rings. The fourth-order valence-electron chi connectivity index (χ4n) is 9.34. The summed E-state index contributed by atoms with van der Waals surface area (Å²) in [5.41, 5.74) is 15.7. The van der Waals surface area contributed by atoms with Crippen LogP contribution in [0.4, 0.5) is 22.7 Å². The van der Waals surface area contributed by atoms with Crippen LogP contribution in [0.3, 0.4) is 0 Å². The monoisotopic (exact) mass is 749 g/mol. The number of hydrogen-bond acceptors (Lipinski definition) is 5. The van der Waals surface area contributed by atoms with Crippen molar-refractivity contribution in [1.29, 1.82) is 0 Å². The van der Waals surface area contributed by atoms with Gasteiger partial charge in [-0.2, -0.15) is 0 Å². The number of para-hydroxylation sites is 3. The second-order valence-electron chi connectivity index (χ2n) is 15.5. The topological polar surface area (TPSA) is 42.9 Å². The van der Waals surface area contributed by atoms with E-state index >= 15 is 0 Å². The van der Waals surface area contributed by atoms with E-state index in [2.05, 4.69) is 215 Å². The van der Waals surface area contributed by atoms with Crippen LogP contribution in [0, 0.1) is 5.92 Å². The second-order valence-corrected chi connectivity index (χ2v) is 15.5. The summed E-state index contributed by atoms with van der Waals surface area (Å²) < 4.78 is 0. The molecule has 2 N–H and O–H groups in total. The lowest BCUT2D eigenvalue weighted by Crippen LogP contribution is -2.52. The minimum Gasteiger partial charge on any atom is -0.350 e. The molecule has 58 heavy (non-hydrogen) atoms. The van der Waals surface area contributed by atoms with E-state index in [-0.39, 0.29) is 24.3 Å². The molecule has 0 radical (unpaired) electrons. The first-order valence-electron chi connectivity index (χ1n) is 20.4. The van der Waals surface area contributed by atoms with E-state index in [0.717, 1.165) is 35.5 Å². The largest absolute Gasteiger partial charge is 0.350 e. The molecule has 0 aromatic heterocycles. The molecule has 3 aliphatic heterocycles. The summed E-state index contributed by atoms with van der Waals surface area (Å²) in [6, 6.07) is 57.3. The van der Waals surface area contributed by atoms with Crippen molar-refractivity contribution in [2.45, 2.75) is 31.2 Å². The second kappa shape index (κ2) is 14.5. The van der Waals surface area contributed by atoms with Crippen molar-refractivity contribution < 1.29 is 0 Å². The molecule has 280 valence electrons. The molecule has 0 fully saturated rings. The predicted octanol–water partition coefficient (Wildman–Crippen LogP) is 11.9. The molecule has 0 saturated carbocycles. The van der Waals surface area contributed by atoms with Crippen LogP contribution in [0.2, 0.25) is 0 Å². The smallest absolute Gasteiger partial charge is 0.131 e. The van der Waals surface area contributed by atoms with Gasteiger partial charge in [0.25, 0.3) is 0 Å². The number of fused-ring (bicyclic) bond motifs is 6. The molecule has 6 aromatic carbocycles. The Balaban J connectivity index is 0.937. The van der Waals surface area contributed by atoms with Crippen molar-refractivity contribution in [1.82, 2.24) is 10.6 Å². The standard InChI is InChI=1S/C53H43N5/c1-4-16-38(17-5-1)51-54-52(39-18-6-2-7-19-39)56-53(55-51)40-30-28-36(29-31-40)37-32-34-42(35-33-37)57-46-25-13-10-22-43(46)49-44-23-11-14-26-47(44)58(41-20-8-3-9-21-41)50(49)45-24-12-15-27-48(45)57/h1,3-6,8-35,44,47,52-53,56H,2,7H2,(H,54,55). The third kappa shape index (κ3) is 5.94. The number of rotatable bonds is 6. The molecule has 0 bridgehead atoms. The first-order chi connectivity index (χ1) is 28.8. The zero-order chi connectivity index (χ0) is 38.4. The number of benzene rings is 6. The molecule has 5 nitrogen and oxygen atoms in total. The van der Waals surface area contributed by atoms with E-state index in [4.69, 9.17) is 4.99 Å². The highest BCUT2D eigenvalue weighted by Crippen LogP contribution is 2.56. The quantitative estimate of drug-likeness (QED) is 0.178. The maximum Gasteiger partial charge on any atom is 0.131 e. The molecule has 6 aromatic rings. The number of amidine groups is 1. The van der Waals surface area contributed by atoms with Gasteiger partial charge in [0.05, 0.1) is 23.1 Å². The number of aliphatic imine (C=N–C) groups is 1. The van der Waals surface area contributed by atoms with Gasteiger partial charge in [-0.3, -0.25) is 5.32 Å². The molecule has 0 amide bonds. The maximum absolute atomic E-state index is 5.17. The zero-order valence-corrected chi connectivity index (χ0v) is 32.1. The maximum atomic E-state index is 5.17. The minimum atomic E-state index is -0.180. The Morgan fingerprint density at radius 2 is 1.22 bits per heavy atom. The summed E-state index contributed by atoms with van der Waals surface area (Å²) in [5, 5.41) is 7.43. The average Bonchev–Trinajstić information content (AvgIpc) is 3.59. The lowest BCUT2D eigenvalue weighted by Gasteiger charge is -2.34. The normalized spacial score (nSPS) is 21.6. The Kier molecular flexibility index (Phi) is 8.59. The van der Waals surface area contributed by atoms with Crippen molar-refractivity contribution >= 4 is 39.9 Å². The number of allylic oxidation sites excluding steroid dienone is 4. The third-order valence-electron chi connectivity index (χ3n) is 12.1. The van der Waals surface area contributed by atoms with Crippen LogP contribution in [-0.4, -0.2) is 18.0 Å². The van der Waals surface area contributed by atoms with Gasteiger partial charge in [-0.15, -0.1) is 0 Å². The molecule has 2 aliphatic carbocycles. The fourth-order valence-corrected chi connectivity index (χ4v) is 9.34. The van der Waals surface area contributed by atoms with E-state index in [1.54, 1.807) is 0 Å². The molecule has 4 unspecified atom stereocenters. The van der Waals surface area contributed by atoms with Gasteiger partial charge in [0.2, 0.25) is 0 Å². The van der Waals surface area contributed by atoms with Gasteiger partial charge >= 0.3 is 0 Å². The molecule has 5 heteroatoms. The van der Waals surface area contributed by atoms with Gasteiger partial charge in [0.15, 0.2) is 0 Å². The zero-order valence-electron chi connectivity index (χ0n) is 32.1. The van der Waals surface area contributed by atoms with Crippen LogP contribution in [0.1, 0.15) is 41.3 Å². The van der Waals surface area contributed by atoms with Gasteiger partial charge in [-0.25, -0.2) is 4.99 Å². The highest BCUT2D eigenvalue weighted by molar-refractivity contribution is 6.11. The molecule has 0 spiro atoms. The first kappa shape index (κ1) is 34.3. The van der Waals surface area contributed by atoms with Crippen LogP contribution in [0.5, 0.6) is 0 Å². The van der Waals surface area contributed by atoms with E-state index in [1.807, 2.05) is 6.07 Å². The lowest BCUT2D eigenvalue weighted by atomic mass is 9.85. The summed E-state index contributed by atoms with van der Waals surface area (Å²) in [5.74, 6) is 1.13. The van der Waals surface area contributed by atoms with Crippen molar-refractivity contribution in [3.05, 3.63) is 228 Å². The van der Waals surface area contributed by atoms with Gasteiger partial charge in [0, 0.05) is 34.0 Å². The van der Waals surface area contributed by atoms with Crippen molar-refractivity contribution in [3.63, 3.8) is 0 Å². The summed E-state index contributed by atoms with van der Waals surface area (Å²) >= 11 is 0. The van der Waals surface area contributed by atoms with E-state index in [0.29, 0.717) is 0 Å². The lowest BCUT2D eigenvalue weighted by molar-refractivity contribution is 0.440. The van der Waals surface area contributed by atoms with E-state index in [9.17, 15) is 0 Å². The molecule has 3 heterocycles. The molecular weight excluding hydrogens is 707 g/mol. The Morgan fingerprint density at radius 3 is 1.97 bits per heavy atom. The highest BCUT2D eigenvalue weighted by atomic mass is 15.3. The van der Waals surface area contributed by atoms with E-state index in [1.165, 1.54) is 56.2 Å². The molecule has 4 atom stereocenters. The van der Waals surface area contributed by atoms with Crippen molar-refractivity contribution in [3.8, 4) is 11.1 Å². The Morgan fingerprint density at radius 1 is 0.569 bits per heavy atom. The Hall–Kier alpha value is -6.95. The summed E-state index contributed by atoms with van der Waals surface area (Å²) in [4.78, 5) is 10.2. The summed E-state index contributed by atoms with van der Waals surface area (Å²) in [7, 11) is 0. The van der Waals surface area contributed by atoms with Crippen LogP contribution < -0.4 is 20.4 Å². The molecule has 11 rings (SSSR count). The van der Waals surface area contributed by atoms with Gasteiger partial charge in [-0.1, -0.05) is 164 Å². The Bertz CT molecular complexity index is 2690.